The van der Waals surface area contributed by atoms with Crippen molar-refractivity contribution in [1.29, 1.82) is 0 Å². The predicted octanol–water partition coefficient (Wildman–Crippen LogP) is 4.32. The molecule has 1 aromatic heterocycles. The monoisotopic (exact) mass is 326 g/mol. The lowest BCUT2D eigenvalue weighted by Crippen LogP contribution is -2.33. The predicted molar refractivity (Wildman–Crippen MR) is 88.2 cm³/mol. The number of aryl methyl sites for hydroxylation is 1. The number of ketones is 1. The van der Waals surface area contributed by atoms with Gasteiger partial charge in [0.05, 0.1) is 11.3 Å². The highest BCUT2D eigenvalue weighted by molar-refractivity contribution is 6.01. The molecule has 0 radical (unpaired) electrons. The van der Waals surface area contributed by atoms with Crippen molar-refractivity contribution in [1.82, 2.24) is 5.16 Å². The zero-order valence-electron chi connectivity index (χ0n) is 13.9. The van der Waals surface area contributed by atoms with Gasteiger partial charge in [0.25, 0.3) is 0 Å². The average molecular weight is 326 g/mol. The summed E-state index contributed by atoms with van der Waals surface area (Å²) >= 11 is 0. The van der Waals surface area contributed by atoms with Gasteiger partial charge in [-0.2, -0.15) is 0 Å². The zero-order chi connectivity index (χ0) is 17.1. The van der Waals surface area contributed by atoms with Crippen molar-refractivity contribution >= 4 is 11.7 Å². The van der Waals surface area contributed by atoms with Gasteiger partial charge in [-0.3, -0.25) is 4.79 Å². The number of anilines is 1. The molecule has 0 bridgehead atoms. The second kappa shape index (κ2) is 5.03. The molecule has 0 amide bonds. The molecule has 1 N–H and O–H groups in total. The Bertz CT molecular complexity index is 862. The van der Waals surface area contributed by atoms with Crippen LogP contribution in [0.25, 0.3) is 0 Å². The molecule has 1 atom stereocenters. The molecule has 124 valence electrons. The minimum atomic E-state index is -0.291. The first kappa shape index (κ1) is 15.1. The van der Waals surface area contributed by atoms with Gasteiger partial charge in [-0.15, -0.1) is 0 Å². The molecule has 2 aromatic rings. The standard InChI is InChI=1S/C19H19FN2O2/c1-10-15-16(11-4-6-12(20)7-5-11)17-13(21-18(15)24-22-10)8-19(2,3)9-14(17)23/h4-7,16,21H,8-9H2,1-3H3/t16-/m1/s1. The molecule has 0 fully saturated rings. The first-order valence-corrected chi connectivity index (χ1v) is 8.11. The van der Waals surface area contributed by atoms with Crippen molar-refractivity contribution < 1.29 is 13.7 Å². The molecule has 0 spiro atoms. The number of Topliss-reactive ketones (excluding diaryl/α,β-unsaturated/α-hetero) is 1. The van der Waals surface area contributed by atoms with Gasteiger partial charge in [-0.05, 0) is 36.5 Å². The minimum Gasteiger partial charge on any atom is -0.338 e. The van der Waals surface area contributed by atoms with Gasteiger partial charge in [0.2, 0.25) is 5.88 Å². The van der Waals surface area contributed by atoms with Crippen molar-refractivity contribution in [2.75, 3.05) is 5.32 Å². The normalized spacial score (nSPS) is 22.0. The number of nitrogens with one attached hydrogen (secondary N) is 1. The van der Waals surface area contributed by atoms with E-state index in [1.54, 1.807) is 12.1 Å². The molecule has 4 rings (SSSR count). The van der Waals surface area contributed by atoms with Crippen LogP contribution in [-0.4, -0.2) is 10.9 Å². The Kier molecular flexibility index (Phi) is 3.17. The molecule has 0 unspecified atom stereocenters. The highest BCUT2D eigenvalue weighted by Crippen LogP contribution is 2.49. The molecule has 5 heteroatoms. The van der Waals surface area contributed by atoms with Crippen LogP contribution in [0.5, 0.6) is 0 Å². The Morgan fingerprint density at radius 3 is 2.67 bits per heavy atom. The second-order valence-corrected chi connectivity index (χ2v) is 7.45. The first-order chi connectivity index (χ1) is 11.4. The summed E-state index contributed by atoms with van der Waals surface area (Å²) in [5.41, 5.74) is 4.06. The van der Waals surface area contributed by atoms with Crippen LogP contribution in [0.15, 0.2) is 40.1 Å². The molecule has 4 nitrogen and oxygen atoms in total. The number of carbonyl (C=O) groups is 1. The average Bonchev–Trinajstić information content (AvgIpc) is 2.86. The van der Waals surface area contributed by atoms with E-state index in [4.69, 9.17) is 4.52 Å². The fraction of sp³-hybridized carbons (Fsp3) is 0.368. The van der Waals surface area contributed by atoms with Gasteiger partial charge in [0.15, 0.2) is 5.78 Å². The lowest BCUT2D eigenvalue weighted by atomic mass is 9.69. The SMILES string of the molecule is Cc1noc2c1[C@@H](c1ccc(F)cc1)C1=C(CC(C)(C)CC1=O)N2. The summed E-state index contributed by atoms with van der Waals surface area (Å²) in [6, 6.07) is 6.33. The van der Waals surface area contributed by atoms with Crippen molar-refractivity contribution in [3.8, 4) is 0 Å². The summed E-state index contributed by atoms with van der Waals surface area (Å²) in [4.78, 5) is 12.9. The number of hydrogen-bond acceptors (Lipinski definition) is 4. The summed E-state index contributed by atoms with van der Waals surface area (Å²) in [6.45, 7) is 6.04. The van der Waals surface area contributed by atoms with E-state index in [1.807, 2.05) is 6.92 Å². The number of benzene rings is 1. The Morgan fingerprint density at radius 1 is 1.25 bits per heavy atom. The molecule has 0 saturated heterocycles. The highest BCUT2D eigenvalue weighted by Gasteiger charge is 2.42. The first-order valence-electron chi connectivity index (χ1n) is 8.11. The molecule has 2 heterocycles. The number of carbonyl (C=O) groups excluding carboxylic acids is 1. The van der Waals surface area contributed by atoms with Crippen LogP contribution in [-0.2, 0) is 4.79 Å². The quantitative estimate of drug-likeness (QED) is 0.848. The van der Waals surface area contributed by atoms with Crippen molar-refractivity contribution in [2.45, 2.75) is 39.5 Å². The number of aromatic nitrogens is 1. The number of halogens is 1. The van der Waals surface area contributed by atoms with E-state index in [0.717, 1.165) is 34.5 Å². The molecule has 0 saturated carbocycles. The second-order valence-electron chi connectivity index (χ2n) is 7.45. The van der Waals surface area contributed by atoms with E-state index in [9.17, 15) is 9.18 Å². The maximum absolute atomic E-state index is 13.4. The van der Waals surface area contributed by atoms with Crippen LogP contribution >= 0.6 is 0 Å². The van der Waals surface area contributed by atoms with E-state index in [-0.39, 0.29) is 22.9 Å². The summed E-state index contributed by atoms with van der Waals surface area (Å²) < 4.78 is 18.8. The Morgan fingerprint density at radius 2 is 1.96 bits per heavy atom. The number of nitrogens with zero attached hydrogens (tertiary/aromatic N) is 1. The summed E-state index contributed by atoms with van der Waals surface area (Å²) in [5, 5.41) is 7.33. The molecule has 1 aliphatic heterocycles. The number of hydrogen-bond donors (Lipinski definition) is 1. The minimum absolute atomic E-state index is 0.0944. The van der Waals surface area contributed by atoms with Gasteiger partial charge >= 0.3 is 0 Å². The third-order valence-corrected chi connectivity index (χ3v) is 4.87. The lowest BCUT2D eigenvalue weighted by molar-refractivity contribution is -0.118. The van der Waals surface area contributed by atoms with Crippen LogP contribution in [0, 0.1) is 18.2 Å². The molecule has 1 aromatic carbocycles. The van der Waals surface area contributed by atoms with Crippen LogP contribution in [0.3, 0.4) is 0 Å². The van der Waals surface area contributed by atoms with Gasteiger partial charge < -0.3 is 9.84 Å². The van der Waals surface area contributed by atoms with Crippen LogP contribution in [0.4, 0.5) is 10.3 Å². The number of rotatable bonds is 1. The smallest absolute Gasteiger partial charge is 0.233 e. The summed E-state index contributed by atoms with van der Waals surface area (Å²) in [6.07, 6.45) is 1.27. The van der Waals surface area contributed by atoms with Gasteiger partial charge in [0.1, 0.15) is 5.82 Å². The van der Waals surface area contributed by atoms with Crippen LogP contribution in [0.2, 0.25) is 0 Å². The largest absolute Gasteiger partial charge is 0.338 e. The Balaban J connectivity index is 1.93. The van der Waals surface area contributed by atoms with Crippen LogP contribution in [0.1, 0.15) is 49.4 Å². The van der Waals surface area contributed by atoms with E-state index in [2.05, 4.69) is 24.3 Å². The molecule has 1 aliphatic carbocycles. The lowest BCUT2D eigenvalue weighted by Gasteiger charge is -2.37. The van der Waals surface area contributed by atoms with Gasteiger partial charge in [-0.25, -0.2) is 4.39 Å². The maximum Gasteiger partial charge on any atom is 0.233 e. The molecule has 2 aliphatic rings. The van der Waals surface area contributed by atoms with Gasteiger partial charge in [0, 0.05) is 23.6 Å². The molecular formula is C19H19FN2O2. The zero-order valence-corrected chi connectivity index (χ0v) is 13.9. The van der Waals surface area contributed by atoms with Crippen molar-refractivity contribution in [3.63, 3.8) is 0 Å². The topological polar surface area (TPSA) is 55.1 Å². The van der Waals surface area contributed by atoms with Crippen molar-refractivity contribution in [2.24, 2.45) is 5.41 Å². The van der Waals surface area contributed by atoms with E-state index < -0.39 is 0 Å². The number of allylic oxidation sites excluding steroid dienone is 2. The van der Waals surface area contributed by atoms with Gasteiger partial charge in [-0.1, -0.05) is 31.1 Å². The van der Waals surface area contributed by atoms with Crippen LogP contribution < -0.4 is 5.32 Å². The maximum atomic E-state index is 13.4. The van der Waals surface area contributed by atoms with E-state index in [0.29, 0.717) is 12.3 Å². The summed E-state index contributed by atoms with van der Waals surface area (Å²) in [5.74, 6) is 0.173. The fourth-order valence-corrected chi connectivity index (χ4v) is 3.86. The number of fused-ring (bicyclic) bond motifs is 1. The Labute approximate surface area is 139 Å². The van der Waals surface area contributed by atoms with Crippen molar-refractivity contribution in [3.05, 3.63) is 58.2 Å². The fourth-order valence-electron chi connectivity index (χ4n) is 3.86. The third kappa shape index (κ3) is 2.27. The molecule has 24 heavy (non-hydrogen) atoms. The Hall–Kier alpha value is -2.43. The van der Waals surface area contributed by atoms with E-state index >= 15 is 0 Å². The highest BCUT2D eigenvalue weighted by atomic mass is 19.1. The molecular weight excluding hydrogens is 307 g/mol. The summed E-state index contributed by atoms with van der Waals surface area (Å²) in [7, 11) is 0. The van der Waals surface area contributed by atoms with E-state index in [1.165, 1.54) is 12.1 Å². The third-order valence-electron chi connectivity index (χ3n) is 4.87.